The van der Waals surface area contributed by atoms with E-state index in [1.165, 1.54) is 0 Å². The second-order valence-electron chi connectivity index (χ2n) is 5.06. The van der Waals surface area contributed by atoms with E-state index < -0.39 is 0 Å². The van der Waals surface area contributed by atoms with Crippen LogP contribution in [0.5, 0.6) is 0 Å². The van der Waals surface area contributed by atoms with Crippen LogP contribution in [0.25, 0.3) is 0 Å². The fourth-order valence-electron chi connectivity index (χ4n) is 2.55. The molecule has 1 aliphatic heterocycles. The Morgan fingerprint density at radius 2 is 2.06 bits per heavy atom. The predicted molar refractivity (Wildman–Crippen MR) is 67.0 cm³/mol. The Kier molecular flexibility index (Phi) is 5.26. The van der Waals surface area contributed by atoms with Gasteiger partial charge in [0.05, 0.1) is 0 Å². The summed E-state index contributed by atoms with van der Waals surface area (Å²) in [4.78, 5) is 14.3. The number of nitrogens with zero attached hydrogens (tertiary/aromatic N) is 1. The van der Waals surface area contributed by atoms with Crippen molar-refractivity contribution in [3.05, 3.63) is 0 Å². The first-order valence-corrected chi connectivity index (χ1v) is 6.62. The molecule has 1 aliphatic rings. The van der Waals surface area contributed by atoms with Crippen molar-refractivity contribution in [2.45, 2.75) is 40.0 Å². The highest BCUT2D eigenvalue weighted by Crippen LogP contribution is 2.24. The molecule has 1 fully saturated rings. The summed E-state index contributed by atoms with van der Waals surface area (Å²) in [6.07, 6.45) is 3.01. The van der Waals surface area contributed by atoms with Gasteiger partial charge in [0.1, 0.15) is 0 Å². The van der Waals surface area contributed by atoms with Gasteiger partial charge in [-0.2, -0.15) is 0 Å². The van der Waals surface area contributed by atoms with Gasteiger partial charge in [0.25, 0.3) is 0 Å². The van der Waals surface area contributed by atoms with Gasteiger partial charge >= 0.3 is 0 Å². The molecule has 1 heterocycles. The van der Waals surface area contributed by atoms with Crippen LogP contribution < -0.4 is 5.73 Å². The van der Waals surface area contributed by atoms with Crippen molar-refractivity contribution in [1.29, 1.82) is 0 Å². The normalized spacial score (nSPS) is 26.2. The lowest BCUT2D eigenvalue weighted by molar-refractivity contribution is -0.138. The Balaban J connectivity index is 2.57. The lowest BCUT2D eigenvalue weighted by Gasteiger charge is -2.38. The van der Waals surface area contributed by atoms with E-state index in [9.17, 15) is 4.79 Å². The minimum absolute atomic E-state index is 0.215. The molecule has 3 heteroatoms. The molecule has 2 unspecified atom stereocenters. The van der Waals surface area contributed by atoms with Gasteiger partial charge in [-0.15, -0.1) is 0 Å². The number of likely N-dealkylation sites (tertiary alicyclic amines) is 1. The van der Waals surface area contributed by atoms with E-state index in [-0.39, 0.29) is 5.92 Å². The van der Waals surface area contributed by atoms with E-state index >= 15 is 0 Å². The lowest BCUT2D eigenvalue weighted by atomic mass is 9.86. The monoisotopic (exact) mass is 226 g/mol. The second kappa shape index (κ2) is 6.24. The van der Waals surface area contributed by atoms with E-state index in [1.807, 2.05) is 4.90 Å². The summed E-state index contributed by atoms with van der Waals surface area (Å²) in [6, 6.07) is 0. The van der Waals surface area contributed by atoms with Crippen LogP contribution in [0.1, 0.15) is 40.0 Å². The topological polar surface area (TPSA) is 46.3 Å². The molecule has 0 bridgehead atoms. The van der Waals surface area contributed by atoms with Crippen molar-refractivity contribution in [3.8, 4) is 0 Å². The average Bonchev–Trinajstić information content (AvgIpc) is 2.31. The zero-order chi connectivity index (χ0) is 12.1. The van der Waals surface area contributed by atoms with Crippen molar-refractivity contribution in [1.82, 2.24) is 4.90 Å². The zero-order valence-corrected chi connectivity index (χ0v) is 10.9. The van der Waals surface area contributed by atoms with Gasteiger partial charge < -0.3 is 10.6 Å². The van der Waals surface area contributed by atoms with Crippen LogP contribution in [0, 0.1) is 17.8 Å². The highest BCUT2D eigenvalue weighted by Gasteiger charge is 2.30. The van der Waals surface area contributed by atoms with Crippen LogP contribution in [-0.2, 0) is 4.79 Å². The third-order valence-electron chi connectivity index (χ3n) is 4.06. The van der Waals surface area contributed by atoms with Gasteiger partial charge in [-0.3, -0.25) is 4.79 Å². The summed E-state index contributed by atoms with van der Waals surface area (Å²) in [5.41, 5.74) is 5.76. The molecule has 1 rings (SSSR count). The maximum absolute atomic E-state index is 12.2. The van der Waals surface area contributed by atoms with Crippen molar-refractivity contribution in [3.63, 3.8) is 0 Å². The van der Waals surface area contributed by atoms with Crippen LogP contribution >= 0.6 is 0 Å². The van der Waals surface area contributed by atoms with Gasteiger partial charge in [0, 0.05) is 19.0 Å². The van der Waals surface area contributed by atoms with E-state index in [1.54, 1.807) is 0 Å². The molecule has 16 heavy (non-hydrogen) atoms. The zero-order valence-electron chi connectivity index (χ0n) is 10.9. The molecular weight excluding hydrogens is 200 g/mol. The van der Waals surface area contributed by atoms with Crippen molar-refractivity contribution < 1.29 is 4.79 Å². The van der Waals surface area contributed by atoms with Crippen LogP contribution in [0.4, 0.5) is 0 Å². The van der Waals surface area contributed by atoms with Gasteiger partial charge in [-0.05, 0) is 37.6 Å². The second-order valence-corrected chi connectivity index (χ2v) is 5.06. The van der Waals surface area contributed by atoms with E-state index in [0.29, 0.717) is 24.3 Å². The maximum atomic E-state index is 12.2. The van der Waals surface area contributed by atoms with Crippen molar-refractivity contribution in [2.75, 3.05) is 19.6 Å². The van der Waals surface area contributed by atoms with Gasteiger partial charge in [-0.1, -0.05) is 20.8 Å². The number of piperidine rings is 1. The first-order chi connectivity index (χ1) is 7.63. The molecule has 0 radical (unpaired) electrons. The van der Waals surface area contributed by atoms with E-state index in [2.05, 4.69) is 20.8 Å². The number of carbonyl (C=O) groups is 1. The Morgan fingerprint density at radius 3 is 2.56 bits per heavy atom. The number of hydrogen-bond donors (Lipinski definition) is 1. The Hall–Kier alpha value is -0.570. The van der Waals surface area contributed by atoms with Crippen LogP contribution in [-0.4, -0.2) is 30.4 Å². The number of carbonyl (C=O) groups excluding carboxylic acids is 1. The smallest absolute Gasteiger partial charge is 0.225 e. The van der Waals surface area contributed by atoms with Crippen molar-refractivity contribution in [2.24, 2.45) is 23.5 Å². The quantitative estimate of drug-likeness (QED) is 0.795. The average molecular weight is 226 g/mol. The molecule has 2 atom stereocenters. The largest absolute Gasteiger partial charge is 0.342 e. The summed E-state index contributed by atoms with van der Waals surface area (Å²) < 4.78 is 0. The summed E-state index contributed by atoms with van der Waals surface area (Å²) >= 11 is 0. The summed E-state index contributed by atoms with van der Waals surface area (Å²) in [5.74, 6) is 1.71. The fraction of sp³-hybridized carbons (Fsp3) is 0.923. The standard InChI is InChI=1S/C13H26N2O/c1-4-11(5-2)13(16)15-7-6-10(3)12(8-14)9-15/h10-12H,4-9,14H2,1-3H3. The van der Waals surface area contributed by atoms with Crippen molar-refractivity contribution >= 4 is 5.91 Å². The molecule has 2 N–H and O–H groups in total. The number of amides is 1. The van der Waals surface area contributed by atoms with Crippen LogP contribution in [0.15, 0.2) is 0 Å². The highest BCUT2D eigenvalue weighted by molar-refractivity contribution is 5.78. The minimum atomic E-state index is 0.215. The van der Waals surface area contributed by atoms with E-state index in [0.717, 1.165) is 32.4 Å². The van der Waals surface area contributed by atoms with Gasteiger partial charge in [0.15, 0.2) is 0 Å². The number of hydrogen-bond acceptors (Lipinski definition) is 2. The van der Waals surface area contributed by atoms with E-state index in [4.69, 9.17) is 5.73 Å². The summed E-state index contributed by atoms with van der Waals surface area (Å²) in [6.45, 7) is 8.93. The third-order valence-corrected chi connectivity index (χ3v) is 4.06. The predicted octanol–water partition coefficient (Wildman–Crippen LogP) is 1.87. The molecule has 0 saturated carbocycles. The molecule has 0 aliphatic carbocycles. The minimum Gasteiger partial charge on any atom is -0.342 e. The molecule has 94 valence electrons. The SMILES string of the molecule is CCC(CC)C(=O)N1CCC(C)C(CN)C1. The Morgan fingerprint density at radius 1 is 1.44 bits per heavy atom. The third kappa shape index (κ3) is 2.97. The number of nitrogens with two attached hydrogens (primary N) is 1. The molecular formula is C13H26N2O. The Bertz CT molecular complexity index is 226. The molecule has 0 spiro atoms. The molecule has 0 aromatic heterocycles. The number of rotatable bonds is 4. The van der Waals surface area contributed by atoms with Gasteiger partial charge in [0.2, 0.25) is 5.91 Å². The molecule has 0 aromatic rings. The Labute approximate surface area is 99.4 Å². The molecule has 1 amide bonds. The molecule has 3 nitrogen and oxygen atoms in total. The van der Waals surface area contributed by atoms with Gasteiger partial charge in [-0.25, -0.2) is 0 Å². The molecule has 1 saturated heterocycles. The molecule has 0 aromatic carbocycles. The fourth-order valence-corrected chi connectivity index (χ4v) is 2.55. The first-order valence-electron chi connectivity index (χ1n) is 6.62. The van der Waals surface area contributed by atoms with Crippen LogP contribution in [0.2, 0.25) is 0 Å². The first kappa shape index (κ1) is 13.5. The summed E-state index contributed by atoms with van der Waals surface area (Å²) in [7, 11) is 0. The van der Waals surface area contributed by atoms with Crippen LogP contribution in [0.3, 0.4) is 0 Å². The lowest BCUT2D eigenvalue weighted by Crippen LogP contribution is -2.47. The maximum Gasteiger partial charge on any atom is 0.225 e. The highest BCUT2D eigenvalue weighted by atomic mass is 16.2. The summed E-state index contributed by atoms with van der Waals surface area (Å²) in [5, 5.41) is 0.